The van der Waals surface area contributed by atoms with E-state index in [4.69, 9.17) is 4.52 Å². The summed E-state index contributed by atoms with van der Waals surface area (Å²) in [5.41, 5.74) is 0.686. The summed E-state index contributed by atoms with van der Waals surface area (Å²) in [6.07, 6.45) is 1.55. The molecule has 1 aliphatic rings. The van der Waals surface area contributed by atoms with Crippen molar-refractivity contribution in [3.05, 3.63) is 11.8 Å². The van der Waals surface area contributed by atoms with Crippen LogP contribution < -0.4 is 10.2 Å². The molecule has 94 valence electrons. The average molecular weight is 239 g/mol. The van der Waals surface area contributed by atoms with E-state index >= 15 is 0 Å². The van der Waals surface area contributed by atoms with Gasteiger partial charge in [0.25, 0.3) is 0 Å². The highest BCUT2D eigenvalue weighted by atomic mass is 16.5. The largest absolute Gasteiger partial charge is 0.394 e. The Kier molecular flexibility index (Phi) is 2.82. The molecule has 1 aromatic rings. The maximum Gasteiger partial charge on any atom is 0.323 e. The highest BCUT2D eigenvalue weighted by Gasteiger charge is 2.37. The number of hydrogen-bond acceptors (Lipinski definition) is 4. The first kappa shape index (κ1) is 11.9. The number of nitrogens with one attached hydrogen (secondary N) is 1. The second kappa shape index (κ2) is 4.03. The Balaban J connectivity index is 2.40. The number of carbonyl (C=O) groups excluding carboxylic acids is 1. The minimum atomic E-state index is -0.284. The lowest BCUT2D eigenvalue weighted by molar-refractivity contribution is 0.247. The number of rotatable bonds is 2. The van der Waals surface area contributed by atoms with Gasteiger partial charge in [0.1, 0.15) is 6.26 Å². The summed E-state index contributed by atoms with van der Waals surface area (Å²) in [5, 5.41) is 15.8. The predicted molar refractivity (Wildman–Crippen MR) is 62.0 cm³/mol. The minimum Gasteiger partial charge on any atom is -0.394 e. The summed E-state index contributed by atoms with van der Waals surface area (Å²) >= 11 is 0. The molecule has 1 fully saturated rings. The van der Waals surface area contributed by atoms with Crippen molar-refractivity contribution in [1.82, 2.24) is 10.5 Å². The van der Waals surface area contributed by atoms with Crippen LogP contribution in [-0.2, 0) is 5.41 Å². The number of aliphatic hydroxyl groups is 1. The molecule has 0 aliphatic carbocycles. The van der Waals surface area contributed by atoms with Crippen molar-refractivity contribution in [3.8, 4) is 0 Å². The molecule has 0 spiro atoms. The molecule has 2 heterocycles. The molecule has 0 unspecified atom stereocenters. The topological polar surface area (TPSA) is 78.6 Å². The van der Waals surface area contributed by atoms with E-state index in [1.165, 1.54) is 4.90 Å². The fourth-order valence-electron chi connectivity index (χ4n) is 1.88. The van der Waals surface area contributed by atoms with Gasteiger partial charge in [0.15, 0.2) is 5.82 Å². The molecular formula is C11H17N3O3. The first-order valence-corrected chi connectivity index (χ1v) is 5.58. The fraction of sp³-hybridized carbons (Fsp3) is 0.636. The molecular weight excluding hydrogens is 222 g/mol. The molecule has 17 heavy (non-hydrogen) atoms. The Morgan fingerprint density at radius 2 is 2.35 bits per heavy atom. The van der Waals surface area contributed by atoms with Gasteiger partial charge in [-0.15, -0.1) is 0 Å². The van der Waals surface area contributed by atoms with E-state index < -0.39 is 0 Å². The zero-order chi connectivity index (χ0) is 12.6. The third-order valence-corrected chi connectivity index (χ3v) is 2.87. The minimum absolute atomic E-state index is 0.102. The van der Waals surface area contributed by atoms with Gasteiger partial charge in [-0.2, -0.15) is 0 Å². The quantitative estimate of drug-likeness (QED) is 0.802. The monoisotopic (exact) mass is 239 g/mol. The van der Waals surface area contributed by atoms with E-state index in [2.05, 4.69) is 10.5 Å². The number of urea groups is 1. The lowest BCUT2D eigenvalue weighted by atomic mass is 9.88. The van der Waals surface area contributed by atoms with Gasteiger partial charge >= 0.3 is 6.03 Å². The molecule has 6 heteroatoms. The number of anilines is 1. The Morgan fingerprint density at radius 1 is 1.65 bits per heavy atom. The number of aromatic nitrogens is 1. The van der Waals surface area contributed by atoms with Crippen LogP contribution in [0.3, 0.4) is 0 Å². The normalized spacial score (nSPS) is 20.8. The highest BCUT2D eigenvalue weighted by molar-refractivity contribution is 5.94. The van der Waals surface area contributed by atoms with Crippen molar-refractivity contribution in [2.75, 3.05) is 18.1 Å². The SMILES string of the molecule is CC(C)(C)c1conc1N1C(=O)NC[C@H]1CO. The molecule has 0 bridgehead atoms. The van der Waals surface area contributed by atoms with Crippen molar-refractivity contribution in [1.29, 1.82) is 0 Å². The Hall–Kier alpha value is -1.56. The number of carbonyl (C=O) groups is 1. The van der Waals surface area contributed by atoms with E-state index in [1.807, 2.05) is 20.8 Å². The first-order valence-electron chi connectivity index (χ1n) is 5.58. The molecule has 1 saturated heterocycles. The molecule has 1 aliphatic heterocycles. The van der Waals surface area contributed by atoms with Gasteiger partial charge in [0, 0.05) is 12.1 Å². The summed E-state index contributed by atoms with van der Waals surface area (Å²) < 4.78 is 4.97. The molecule has 2 N–H and O–H groups in total. The summed E-state index contributed by atoms with van der Waals surface area (Å²) in [6, 6.07) is -0.530. The Labute approximate surface area is 99.6 Å². The summed E-state index contributed by atoms with van der Waals surface area (Å²) in [7, 11) is 0. The maximum absolute atomic E-state index is 11.7. The van der Waals surface area contributed by atoms with Crippen LogP contribution in [0.2, 0.25) is 0 Å². The third-order valence-electron chi connectivity index (χ3n) is 2.87. The molecule has 2 amide bonds. The van der Waals surface area contributed by atoms with Gasteiger partial charge in [0.05, 0.1) is 12.6 Å². The van der Waals surface area contributed by atoms with Crippen molar-refractivity contribution in [3.63, 3.8) is 0 Å². The molecule has 6 nitrogen and oxygen atoms in total. The van der Waals surface area contributed by atoms with Gasteiger partial charge in [-0.1, -0.05) is 25.9 Å². The van der Waals surface area contributed by atoms with Crippen LogP contribution in [0.1, 0.15) is 26.3 Å². The zero-order valence-electron chi connectivity index (χ0n) is 10.2. The number of aliphatic hydroxyl groups excluding tert-OH is 1. The molecule has 0 saturated carbocycles. The van der Waals surface area contributed by atoms with Crippen LogP contribution in [0.15, 0.2) is 10.8 Å². The van der Waals surface area contributed by atoms with Gasteiger partial charge in [-0.05, 0) is 5.41 Å². The number of nitrogens with zero attached hydrogens (tertiary/aromatic N) is 2. The summed E-state index contributed by atoms with van der Waals surface area (Å²) in [5.74, 6) is 0.492. The van der Waals surface area contributed by atoms with Crippen molar-refractivity contribution in [2.24, 2.45) is 0 Å². The van der Waals surface area contributed by atoms with Crippen LogP contribution in [0.5, 0.6) is 0 Å². The van der Waals surface area contributed by atoms with Gasteiger partial charge in [-0.3, -0.25) is 4.90 Å². The average Bonchev–Trinajstić information content (AvgIpc) is 2.81. The summed E-state index contributed by atoms with van der Waals surface area (Å²) in [4.78, 5) is 13.2. The second-order valence-electron chi connectivity index (χ2n) is 5.19. The zero-order valence-corrected chi connectivity index (χ0v) is 10.2. The fourth-order valence-corrected chi connectivity index (χ4v) is 1.88. The summed E-state index contributed by atoms with van der Waals surface area (Å²) in [6.45, 7) is 6.38. The van der Waals surface area contributed by atoms with Gasteiger partial charge in [0.2, 0.25) is 0 Å². The molecule has 1 atom stereocenters. The standard InChI is InChI=1S/C11H17N3O3/c1-11(2,3)8-6-17-13-9(8)14-7(5-15)4-12-10(14)16/h6-7,15H,4-5H2,1-3H3,(H,12,16)/t7-/m0/s1. The first-order chi connectivity index (χ1) is 7.95. The number of hydrogen-bond donors (Lipinski definition) is 2. The van der Waals surface area contributed by atoms with Crippen molar-refractivity contribution < 1.29 is 14.4 Å². The molecule has 2 rings (SSSR count). The van der Waals surface area contributed by atoms with Gasteiger partial charge in [-0.25, -0.2) is 4.79 Å². The smallest absolute Gasteiger partial charge is 0.323 e. The second-order valence-corrected chi connectivity index (χ2v) is 5.19. The van der Waals surface area contributed by atoms with Crippen molar-refractivity contribution in [2.45, 2.75) is 32.2 Å². The van der Waals surface area contributed by atoms with E-state index in [0.717, 1.165) is 5.56 Å². The molecule has 0 aromatic carbocycles. The van der Waals surface area contributed by atoms with Crippen LogP contribution in [-0.4, -0.2) is 35.5 Å². The highest BCUT2D eigenvalue weighted by Crippen LogP contribution is 2.32. The predicted octanol–water partition coefficient (Wildman–Crippen LogP) is 0.863. The van der Waals surface area contributed by atoms with E-state index in [1.54, 1.807) is 6.26 Å². The lowest BCUT2D eigenvalue weighted by Gasteiger charge is -2.24. The van der Waals surface area contributed by atoms with Crippen molar-refractivity contribution >= 4 is 11.8 Å². The van der Waals surface area contributed by atoms with E-state index in [0.29, 0.717) is 12.4 Å². The Bertz CT molecular complexity index is 422. The van der Waals surface area contributed by atoms with Crippen LogP contribution >= 0.6 is 0 Å². The maximum atomic E-state index is 11.7. The Morgan fingerprint density at radius 3 is 2.94 bits per heavy atom. The third kappa shape index (κ3) is 2.00. The van der Waals surface area contributed by atoms with Gasteiger partial charge < -0.3 is 14.9 Å². The number of amides is 2. The van der Waals surface area contributed by atoms with E-state index in [-0.39, 0.29) is 24.1 Å². The van der Waals surface area contributed by atoms with Crippen LogP contribution in [0.25, 0.3) is 0 Å². The van der Waals surface area contributed by atoms with Crippen LogP contribution in [0, 0.1) is 0 Å². The molecule has 1 aromatic heterocycles. The van der Waals surface area contributed by atoms with Crippen LogP contribution in [0.4, 0.5) is 10.6 Å². The lowest BCUT2D eigenvalue weighted by Crippen LogP contribution is -2.38. The molecule has 0 radical (unpaired) electrons. The van der Waals surface area contributed by atoms with E-state index in [9.17, 15) is 9.90 Å².